The molecule has 2 aliphatic rings. The molecular weight excluding hydrogens is 430 g/mol. The molecule has 30 heavy (non-hydrogen) atoms. The van der Waals surface area contributed by atoms with Gasteiger partial charge in [0.15, 0.2) is 0 Å². The van der Waals surface area contributed by atoms with E-state index in [2.05, 4.69) is 10.6 Å². The minimum atomic E-state index is -4.50. The van der Waals surface area contributed by atoms with Crippen molar-refractivity contribution in [3.8, 4) is 0 Å². The van der Waals surface area contributed by atoms with Gasteiger partial charge in [-0.3, -0.25) is 0 Å². The van der Waals surface area contributed by atoms with Crippen molar-refractivity contribution in [3.05, 3.63) is 47.5 Å². The summed E-state index contributed by atoms with van der Waals surface area (Å²) in [4.78, 5) is 0.475. The van der Waals surface area contributed by atoms with E-state index < -0.39 is 23.5 Å². The lowest BCUT2D eigenvalue weighted by atomic mass is 10.1. The van der Waals surface area contributed by atoms with Crippen molar-refractivity contribution in [2.24, 2.45) is 0 Å². The number of β-amino-alcohol motifs (C(OH)–C–C–N with tert-alkyl or cyclic N) is 1. The molecule has 0 saturated carbocycles. The number of hydrogen-bond acceptors (Lipinski definition) is 4. The van der Waals surface area contributed by atoms with Crippen LogP contribution in [0.25, 0.3) is 0 Å². The molecule has 1 atom stereocenters. The second kappa shape index (κ2) is 9.07. The summed E-state index contributed by atoms with van der Waals surface area (Å²) in [5.74, 6) is 0. The molecule has 1 saturated heterocycles. The van der Waals surface area contributed by atoms with Crippen LogP contribution in [0.5, 0.6) is 0 Å². The summed E-state index contributed by atoms with van der Waals surface area (Å²) in [6.07, 6.45) is -5.71. The van der Waals surface area contributed by atoms with Crippen LogP contribution in [-0.4, -0.2) is 24.3 Å². The summed E-state index contributed by atoms with van der Waals surface area (Å²) in [5.41, 5.74) is -0.803. The maximum absolute atomic E-state index is 12.7. The number of alkyl halides is 6. The quantitative estimate of drug-likeness (QED) is 0.365. The lowest BCUT2D eigenvalue weighted by Crippen LogP contribution is -2.23. The summed E-state index contributed by atoms with van der Waals surface area (Å²) in [6, 6.07) is 6.26. The van der Waals surface area contributed by atoms with Crippen molar-refractivity contribution in [1.29, 1.82) is 0 Å². The van der Waals surface area contributed by atoms with Crippen molar-refractivity contribution >= 4 is 23.1 Å². The van der Waals surface area contributed by atoms with Crippen molar-refractivity contribution < 1.29 is 31.4 Å². The third-order valence-electron chi connectivity index (χ3n) is 4.63. The number of anilines is 2. The van der Waals surface area contributed by atoms with E-state index in [1.807, 2.05) is 0 Å². The molecule has 10 heteroatoms. The van der Waals surface area contributed by atoms with Gasteiger partial charge in [0.2, 0.25) is 0 Å². The number of halogens is 6. The number of hydrogen-bond donors (Lipinski definition) is 3. The van der Waals surface area contributed by atoms with Crippen LogP contribution < -0.4 is 10.6 Å². The molecule has 0 amide bonds. The first-order chi connectivity index (χ1) is 14.0. The summed E-state index contributed by atoms with van der Waals surface area (Å²) in [6.45, 7) is 1.87. The smallest absolute Gasteiger partial charge is 0.392 e. The predicted molar refractivity (Wildman–Crippen MR) is 103 cm³/mol. The molecule has 0 radical (unpaired) electrons. The zero-order chi connectivity index (χ0) is 21.9. The molecule has 2 aromatic carbocycles. The zero-order valence-corrected chi connectivity index (χ0v) is 16.5. The van der Waals surface area contributed by atoms with Gasteiger partial charge in [-0.1, -0.05) is 11.8 Å². The Morgan fingerprint density at radius 3 is 1.87 bits per heavy atom. The standard InChI is InChI=1S/C14H7F6NS.C6H13NO/c15-13(16,17)7-1-3-9-11(5-7)22-12-6-8(14(18,19)20)2-4-10(12)21-9;8-6-3-1-2-4-7-5-6/h1-6,21H;6-8H,1-5H2. The van der Waals surface area contributed by atoms with Crippen LogP contribution in [0.4, 0.5) is 37.7 Å². The summed E-state index contributed by atoms with van der Waals surface area (Å²) in [7, 11) is 0. The van der Waals surface area contributed by atoms with Crippen LogP contribution in [0, 0.1) is 0 Å². The van der Waals surface area contributed by atoms with Gasteiger partial charge in [0.05, 0.1) is 28.6 Å². The van der Waals surface area contributed by atoms with Crippen LogP contribution in [0.1, 0.15) is 30.4 Å². The number of rotatable bonds is 0. The van der Waals surface area contributed by atoms with Gasteiger partial charge in [-0.05, 0) is 62.2 Å². The molecule has 4 rings (SSSR count). The van der Waals surface area contributed by atoms with Crippen LogP contribution in [0.15, 0.2) is 46.2 Å². The molecule has 2 aliphatic heterocycles. The van der Waals surface area contributed by atoms with Gasteiger partial charge >= 0.3 is 12.4 Å². The molecule has 0 aromatic heterocycles. The van der Waals surface area contributed by atoms with E-state index in [9.17, 15) is 26.3 Å². The van der Waals surface area contributed by atoms with E-state index in [0.717, 1.165) is 55.5 Å². The second-order valence-corrected chi connectivity index (χ2v) is 8.08. The highest BCUT2D eigenvalue weighted by atomic mass is 32.2. The molecule has 164 valence electrons. The van der Waals surface area contributed by atoms with Gasteiger partial charge in [-0.25, -0.2) is 0 Å². The first-order valence-electron chi connectivity index (χ1n) is 9.30. The Hall–Kier alpha value is -1.91. The molecule has 2 heterocycles. The Morgan fingerprint density at radius 2 is 1.37 bits per heavy atom. The average molecular weight is 450 g/mol. The Balaban J connectivity index is 0.000000269. The minimum Gasteiger partial charge on any atom is -0.392 e. The van der Waals surface area contributed by atoms with Crippen LogP contribution >= 0.6 is 11.8 Å². The van der Waals surface area contributed by atoms with Gasteiger partial charge in [0.1, 0.15) is 0 Å². The Labute approximate surface area is 173 Å². The van der Waals surface area contributed by atoms with E-state index in [1.54, 1.807) is 0 Å². The summed E-state index contributed by atoms with van der Waals surface area (Å²) in [5, 5.41) is 15.0. The molecule has 0 spiro atoms. The van der Waals surface area contributed by atoms with Crippen LogP contribution in [0.3, 0.4) is 0 Å². The molecule has 2 aromatic rings. The van der Waals surface area contributed by atoms with E-state index in [4.69, 9.17) is 5.11 Å². The zero-order valence-electron chi connectivity index (χ0n) is 15.7. The Kier molecular flexibility index (Phi) is 6.88. The van der Waals surface area contributed by atoms with E-state index in [-0.39, 0.29) is 15.9 Å². The highest BCUT2D eigenvalue weighted by molar-refractivity contribution is 7.99. The fourth-order valence-electron chi connectivity index (χ4n) is 3.04. The molecule has 3 nitrogen and oxygen atoms in total. The Bertz CT molecular complexity index is 815. The number of aliphatic hydroxyl groups is 1. The predicted octanol–water partition coefficient (Wildman–Crippen LogP) is 6.05. The number of aliphatic hydroxyl groups excluding tert-OH is 1. The topological polar surface area (TPSA) is 44.3 Å². The molecule has 0 bridgehead atoms. The first kappa shape index (κ1) is 22.8. The molecule has 0 aliphatic carbocycles. The van der Waals surface area contributed by atoms with Gasteiger partial charge < -0.3 is 15.7 Å². The van der Waals surface area contributed by atoms with Crippen LogP contribution in [-0.2, 0) is 12.4 Å². The van der Waals surface area contributed by atoms with E-state index >= 15 is 0 Å². The number of benzene rings is 2. The summed E-state index contributed by atoms with van der Waals surface area (Å²) >= 11 is 0.881. The fourth-order valence-corrected chi connectivity index (χ4v) is 4.10. The maximum atomic E-state index is 12.7. The van der Waals surface area contributed by atoms with Crippen molar-refractivity contribution in [1.82, 2.24) is 5.32 Å². The summed E-state index contributed by atoms with van der Waals surface area (Å²) < 4.78 is 76.2. The lowest BCUT2D eigenvalue weighted by molar-refractivity contribution is -0.138. The highest BCUT2D eigenvalue weighted by Gasteiger charge is 2.33. The largest absolute Gasteiger partial charge is 0.416 e. The Morgan fingerprint density at radius 1 is 0.833 bits per heavy atom. The SMILES string of the molecule is FC(F)(F)c1ccc2c(c1)Sc1cc(C(F)(F)F)ccc1N2.OC1CCCCNC1. The maximum Gasteiger partial charge on any atom is 0.416 e. The van der Waals surface area contributed by atoms with Gasteiger partial charge in [0, 0.05) is 16.3 Å². The van der Waals surface area contributed by atoms with E-state index in [0.29, 0.717) is 11.4 Å². The van der Waals surface area contributed by atoms with Gasteiger partial charge in [-0.2, -0.15) is 26.3 Å². The van der Waals surface area contributed by atoms with Crippen LogP contribution in [0.2, 0.25) is 0 Å². The second-order valence-electron chi connectivity index (χ2n) is 7.00. The number of fused-ring (bicyclic) bond motifs is 2. The van der Waals surface area contributed by atoms with Crippen molar-refractivity contribution in [2.75, 3.05) is 18.4 Å². The average Bonchev–Trinajstić information content (AvgIpc) is 2.92. The highest BCUT2D eigenvalue weighted by Crippen LogP contribution is 2.47. The minimum absolute atomic E-state index is 0.0856. The normalized spacial score (nSPS) is 18.8. The van der Waals surface area contributed by atoms with E-state index in [1.165, 1.54) is 25.0 Å². The van der Waals surface area contributed by atoms with Crippen molar-refractivity contribution in [2.45, 2.75) is 47.5 Å². The lowest BCUT2D eigenvalue weighted by Gasteiger charge is -2.22. The molecular formula is C20H20F6N2OS. The molecule has 1 fully saturated rings. The third-order valence-corrected chi connectivity index (χ3v) is 5.74. The number of nitrogens with one attached hydrogen (secondary N) is 2. The molecule has 1 unspecified atom stereocenters. The van der Waals surface area contributed by atoms with Gasteiger partial charge in [-0.15, -0.1) is 0 Å². The van der Waals surface area contributed by atoms with Gasteiger partial charge in [0.25, 0.3) is 0 Å². The first-order valence-corrected chi connectivity index (χ1v) is 10.1. The molecule has 3 N–H and O–H groups in total. The van der Waals surface area contributed by atoms with Crippen molar-refractivity contribution in [3.63, 3.8) is 0 Å². The fraction of sp³-hybridized carbons (Fsp3) is 0.400. The third kappa shape index (κ3) is 5.83. The monoisotopic (exact) mass is 450 g/mol.